The molecule has 0 unspecified atom stereocenters. The van der Waals surface area contributed by atoms with E-state index in [1.165, 1.54) is 6.07 Å². The van der Waals surface area contributed by atoms with Crippen molar-refractivity contribution >= 4 is 23.1 Å². The van der Waals surface area contributed by atoms with E-state index in [-0.39, 0.29) is 11.2 Å². The summed E-state index contributed by atoms with van der Waals surface area (Å²) in [4.78, 5) is 8.60. The summed E-state index contributed by atoms with van der Waals surface area (Å²) in [5.74, 6) is 0.766. The lowest BCUT2D eigenvalue weighted by Gasteiger charge is -2.18. The first-order valence-corrected chi connectivity index (χ1v) is 6.72. The van der Waals surface area contributed by atoms with Gasteiger partial charge in [0.1, 0.15) is 22.6 Å². The molecule has 0 saturated carbocycles. The highest BCUT2D eigenvalue weighted by atomic mass is 35.5. The molecule has 0 amide bonds. The van der Waals surface area contributed by atoms with E-state index in [0.29, 0.717) is 22.5 Å². The Balaban J connectivity index is 2.39. The van der Waals surface area contributed by atoms with Crippen molar-refractivity contribution in [2.24, 2.45) is 0 Å². The zero-order chi connectivity index (χ0) is 14.9. The third-order valence-corrected chi connectivity index (χ3v) is 2.94. The molecular weight excluding hydrogens is 277 g/mol. The second-order valence-corrected chi connectivity index (χ2v) is 6.15. The third-order valence-electron chi connectivity index (χ3n) is 2.75. The van der Waals surface area contributed by atoms with Gasteiger partial charge in [-0.1, -0.05) is 38.4 Å². The number of nitrogens with zero attached hydrogens (tertiary/aromatic N) is 2. The van der Waals surface area contributed by atoms with Crippen LogP contribution in [-0.2, 0) is 5.41 Å². The zero-order valence-electron chi connectivity index (χ0n) is 12.0. The van der Waals surface area contributed by atoms with Crippen molar-refractivity contribution in [2.45, 2.75) is 33.1 Å². The molecule has 0 aliphatic rings. The van der Waals surface area contributed by atoms with Crippen LogP contribution in [0.3, 0.4) is 0 Å². The van der Waals surface area contributed by atoms with Gasteiger partial charge < -0.3 is 5.32 Å². The van der Waals surface area contributed by atoms with Gasteiger partial charge in [0.15, 0.2) is 0 Å². The molecule has 106 valence electrons. The number of anilines is 2. The molecule has 5 heteroatoms. The Kier molecular flexibility index (Phi) is 3.95. The topological polar surface area (TPSA) is 37.8 Å². The van der Waals surface area contributed by atoms with Crippen molar-refractivity contribution in [1.82, 2.24) is 9.97 Å². The van der Waals surface area contributed by atoms with Gasteiger partial charge in [-0.2, -0.15) is 0 Å². The summed E-state index contributed by atoms with van der Waals surface area (Å²) < 4.78 is 13.8. The summed E-state index contributed by atoms with van der Waals surface area (Å²) in [6.45, 7) is 7.89. The highest BCUT2D eigenvalue weighted by Gasteiger charge is 2.19. The molecule has 1 heterocycles. The first-order chi connectivity index (χ1) is 9.25. The van der Waals surface area contributed by atoms with Crippen LogP contribution in [0.2, 0.25) is 5.15 Å². The number of nitrogens with one attached hydrogen (secondary N) is 1. The van der Waals surface area contributed by atoms with Crippen LogP contribution in [0.15, 0.2) is 24.3 Å². The number of hydrogen-bond acceptors (Lipinski definition) is 3. The van der Waals surface area contributed by atoms with Crippen molar-refractivity contribution in [1.29, 1.82) is 0 Å². The molecule has 1 N–H and O–H groups in total. The lowest BCUT2D eigenvalue weighted by Crippen LogP contribution is -2.17. The quantitative estimate of drug-likeness (QED) is 0.821. The van der Waals surface area contributed by atoms with Gasteiger partial charge in [0, 0.05) is 11.5 Å². The fraction of sp³-hybridized carbons (Fsp3) is 0.333. The van der Waals surface area contributed by atoms with Crippen LogP contribution >= 0.6 is 11.6 Å². The van der Waals surface area contributed by atoms with E-state index >= 15 is 0 Å². The standard InChI is InChI=1S/C15H17ClFN3/c1-9-5-6-10(17)11(7-9)18-13-8-12(16)19-14(20-13)15(2,3)4/h5-8H,1-4H3,(H,18,19,20). The van der Waals surface area contributed by atoms with E-state index in [1.807, 2.05) is 27.7 Å². The Morgan fingerprint density at radius 1 is 1.15 bits per heavy atom. The fourth-order valence-corrected chi connectivity index (χ4v) is 1.87. The Morgan fingerprint density at radius 2 is 1.85 bits per heavy atom. The summed E-state index contributed by atoms with van der Waals surface area (Å²) in [6, 6.07) is 6.44. The lowest BCUT2D eigenvalue weighted by atomic mass is 9.96. The molecule has 2 aromatic rings. The van der Waals surface area contributed by atoms with E-state index in [4.69, 9.17) is 11.6 Å². The summed E-state index contributed by atoms with van der Waals surface area (Å²) >= 11 is 6.01. The number of rotatable bonds is 2. The second kappa shape index (κ2) is 5.37. The minimum Gasteiger partial charge on any atom is -0.338 e. The normalized spacial score (nSPS) is 11.5. The van der Waals surface area contributed by atoms with Gasteiger partial charge in [-0.15, -0.1) is 0 Å². The maximum Gasteiger partial charge on any atom is 0.146 e. The molecule has 3 nitrogen and oxygen atoms in total. The van der Waals surface area contributed by atoms with Crippen LogP contribution in [0.1, 0.15) is 32.2 Å². The minimum absolute atomic E-state index is 0.230. The molecule has 0 aliphatic carbocycles. The smallest absolute Gasteiger partial charge is 0.146 e. The van der Waals surface area contributed by atoms with Gasteiger partial charge in [0.2, 0.25) is 0 Å². The average molecular weight is 294 g/mol. The molecule has 1 aromatic heterocycles. The Bertz CT molecular complexity index is 636. The van der Waals surface area contributed by atoms with Crippen LogP contribution < -0.4 is 5.32 Å². The molecule has 0 atom stereocenters. The van der Waals surface area contributed by atoms with Crippen molar-refractivity contribution in [3.05, 3.63) is 46.6 Å². The second-order valence-electron chi connectivity index (χ2n) is 5.76. The van der Waals surface area contributed by atoms with Crippen LogP contribution in [0.25, 0.3) is 0 Å². The van der Waals surface area contributed by atoms with E-state index in [1.54, 1.807) is 18.2 Å². The summed E-state index contributed by atoms with van der Waals surface area (Å²) in [6.07, 6.45) is 0. The molecule has 1 aromatic carbocycles. The van der Waals surface area contributed by atoms with Gasteiger partial charge in [0.05, 0.1) is 5.69 Å². The van der Waals surface area contributed by atoms with E-state index in [2.05, 4.69) is 15.3 Å². The highest BCUT2D eigenvalue weighted by molar-refractivity contribution is 6.29. The molecule has 0 radical (unpaired) electrons. The molecule has 0 spiro atoms. The van der Waals surface area contributed by atoms with E-state index in [0.717, 1.165) is 5.56 Å². The van der Waals surface area contributed by atoms with Gasteiger partial charge in [0.25, 0.3) is 0 Å². The predicted octanol–water partition coefficient (Wildman–Crippen LogP) is 4.62. The molecule has 0 aliphatic heterocycles. The largest absolute Gasteiger partial charge is 0.338 e. The SMILES string of the molecule is Cc1ccc(F)c(Nc2cc(Cl)nc(C(C)(C)C)n2)c1. The van der Waals surface area contributed by atoms with Crippen molar-refractivity contribution < 1.29 is 4.39 Å². The maximum absolute atomic E-state index is 13.8. The van der Waals surface area contributed by atoms with Crippen LogP contribution in [-0.4, -0.2) is 9.97 Å². The van der Waals surface area contributed by atoms with Crippen molar-refractivity contribution in [3.63, 3.8) is 0 Å². The van der Waals surface area contributed by atoms with Gasteiger partial charge >= 0.3 is 0 Å². The predicted molar refractivity (Wildman–Crippen MR) is 80.2 cm³/mol. The third kappa shape index (κ3) is 3.45. The molecular formula is C15H17ClFN3. The number of halogens is 2. The highest BCUT2D eigenvalue weighted by Crippen LogP contribution is 2.25. The van der Waals surface area contributed by atoms with E-state index < -0.39 is 0 Å². The van der Waals surface area contributed by atoms with Gasteiger partial charge in [-0.05, 0) is 24.6 Å². The van der Waals surface area contributed by atoms with Crippen LogP contribution in [0.5, 0.6) is 0 Å². The Hall–Kier alpha value is -1.68. The monoisotopic (exact) mass is 293 g/mol. The van der Waals surface area contributed by atoms with Crippen molar-refractivity contribution in [2.75, 3.05) is 5.32 Å². The van der Waals surface area contributed by atoms with Crippen LogP contribution in [0.4, 0.5) is 15.9 Å². The molecule has 20 heavy (non-hydrogen) atoms. The number of aromatic nitrogens is 2. The van der Waals surface area contributed by atoms with Gasteiger partial charge in [-0.25, -0.2) is 14.4 Å². The first-order valence-electron chi connectivity index (χ1n) is 6.34. The average Bonchev–Trinajstić information content (AvgIpc) is 2.32. The number of aryl methyl sites for hydroxylation is 1. The lowest BCUT2D eigenvalue weighted by molar-refractivity contribution is 0.546. The summed E-state index contributed by atoms with van der Waals surface area (Å²) in [5, 5.41) is 3.29. The van der Waals surface area contributed by atoms with Crippen molar-refractivity contribution in [3.8, 4) is 0 Å². The molecule has 0 fully saturated rings. The molecule has 2 rings (SSSR count). The molecule has 0 saturated heterocycles. The number of benzene rings is 1. The Morgan fingerprint density at radius 3 is 2.50 bits per heavy atom. The summed E-state index contributed by atoms with van der Waals surface area (Å²) in [7, 11) is 0. The molecule has 0 bridgehead atoms. The first kappa shape index (κ1) is 14.7. The fourth-order valence-electron chi connectivity index (χ4n) is 1.69. The number of hydrogen-bond donors (Lipinski definition) is 1. The van der Waals surface area contributed by atoms with Crippen LogP contribution in [0, 0.1) is 12.7 Å². The van der Waals surface area contributed by atoms with E-state index in [9.17, 15) is 4.39 Å². The minimum atomic E-state index is -0.331. The zero-order valence-corrected chi connectivity index (χ0v) is 12.7. The maximum atomic E-state index is 13.8. The summed E-state index contributed by atoms with van der Waals surface area (Å²) in [5.41, 5.74) is 1.11. The van der Waals surface area contributed by atoms with Gasteiger partial charge in [-0.3, -0.25) is 0 Å². The Labute approximate surface area is 123 Å².